The maximum Gasteiger partial charge on any atom is 0.238 e. The molecule has 18 heavy (non-hydrogen) atoms. The summed E-state index contributed by atoms with van der Waals surface area (Å²) in [5.74, 6) is 1.62. The van der Waals surface area contributed by atoms with Crippen molar-refractivity contribution in [1.82, 2.24) is 4.90 Å². The minimum absolute atomic E-state index is 0.0274. The van der Waals surface area contributed by atoms with Gasteiger partial charge in [-0.2, -0.15) is 0 Å². The Kier molecular flexibility index (Phi) is 4.57. The average Bonchev–Trinajstić information content (AvgIpc) is 2.87. The van der Waals surface area contributed by atoms with Crippen molar-refractivity contribution in [2.24, 2.45) is 0 Å². The Balaban J connectivity index is 2.17. The number of nitrogens with zero attached hydrogens (tertiary/aromatic N) is 1. The van der Waals surface area contributed by atoms with Crippen LogP contribution in [0.25, 0.3) is 0 Å². The second kappa shape index (κ2) is 5.98. The van der Waals surface area contributed by atoms with Crippen molar-refractivity contribution in [2.45, 2.75) is 25.1 Å². The van der Waals surface area contributed by atoms with E-state index < -0.39 is 0 Å². The van der Waals surface area contributed by atoms with Gasteiger partial charge in [-0.15, -0.1) is 23.4 Å². The predicted octanol–water partition coefficient (Wildman–Crippen LogP) is 3.62. The van der Waals surface area contributed by atoms with Gasteiger partial charge in [0.25, 0.3) is 0 Å². The molecule has 2 nitrogen and oxygen atoms in total. The number of hydrogen-bond acceptors (Lipinski definition) is 2. The molecule has 1 aromatic rings. The molecule has 0 bridgehead atoms. The van der Waals surface area contributed by atoms with Crippen LogP contribution < -0.4 is 0 Å². The van der Waals surface area contributed by atoms with Gasteiger partial charge in [-0.3, -0.25) is 4.79 Å². The Morgan fingerprint density at radius 1 is 1.44 bits per heavy atom. The largest absolute Gasteiger partial charge is 0.325 e. The van der Waals surface area contributed by atoms with Crippen molar-refractivity contribution in [2.75, 3.05) is 18.2 Å². The Labute approximate surface area is 118 Å². The van der Waals surface area contributed by atoms with Crippen molar-refractivity contribution >= 4 is 29.3 Å². The SMILES string of the molecule is CC(C)c1ccc([C@H]2SCCN2C(=O)CCl)cc1. The van der Waals surface area contributed by atoms with Gasteiger partial charge >= 0.3 is 0 Å². The van der Waals surface area contributed by atoms with Crippen LogP contribution in [-0.4, -0.2) is 29.0 Å². The number of amides is 1. The van der Waals surface area contributed by atoms with Crippen molar-refractivity contribution in [3.05, 3.63) is 35.4 Å². The first-order valence-electron chi connectivity index (χ1n) is 6.20. The Bertz CT molecular complexity index is 418. The Hall–Kier alpha value is -0.670. The third kappa shape index (κ3) is 2.83. The summed E-state index contributed by atoms with van der Waals surface area (Å²) in [6.07, 6.45) is 0. The maximum absolute atomic E-state index is 11.8. The lowest BCUT2D eigenvalue weighted by atomic mass is 10.0. The molecule has 0 saturated carbocycles. The minimum Gasteiger partial charge on any atom is -0.325 e. The molecular formula is C14H18ClNOS. The fourth-order valence-electron chi connectivity index (χ4n) is 2.12. The van der Waals surface area contributed by atoms with Gasteiger partial charge in [0, 0.05) is 12.3 Å². The van der Waals surface area contributed by atoms with E-state index in [1.165, 1.54) is 11.1 Å². The molecule has 1 saturated heterocycles. The van der Waals surface area contributed by atoms with Crippen LogP contribution in [-0.2, 0) is 4.79 Å². The predicted molar refractivity (Wildman–Crippen MR) is 78.2 cm³/mol. The van der Waals surface area contributed by atoms with Crippen LogP contribution in [0.4, 0.5) is 0 Å². The van der Waals surface area contributed by atoms with E-state index in [2.05, 4.69) is 38.1 Å². The molecule has 1 aliphatic rings. The smallest absolute Gasteiger partial charge is 0.238 e. The van der Waals surface area contributed by atoms with Crippen LogP contribution in [0.1, 0.15) is 36.3 Å². The summed E-state index contributed by atoms with van der Waals surface area (Å²) in [6.45, 7) is 5.16. The van der Waals surface area contributed by atoms with E-state index in [0.29, 0.717) is 5.92 Å². The highest BCUT2D eigenvalue weighted by Crippen LogP contribution is 2.38. The first-order valence-corrected chi connectivity index (χ1v) is 7.78. The lowest BCUT2D eigenvalue weighted by Crippen LogP contribution is -2.31. The number of carbonyl (C=O) groups excluding carboxylic acids is 1. The van der Waals surface area contributed by atoms with Crippen molar-refractivity contribution in [1.29, 1.82) is 0 Å². The minimum atomic E-state index is 0.0274. The van der Waals surface area contributed by atoms with Crippen LogP contribution >= 0.6 is 23.4 Å². The van der Waals surface area contributed by atoms with E-state index in [-0.39, 0.29) is 17.2 Å². The zero-order valence-corrected chi connectivity index (χ0v) is 12.3. The zero-order valence-electron chi connectivity index (χ0n) is 10.7. The highest BCUT2D eigenvalue weighted by molar-refractivity contribution is 7.99. The topological polar surface area (TPSA) is 20.3 Å². The molecule has 0 spiro atoms. The number of alkyl halides is 1. The van der Waals surface area contributed by atoms with E-state index in [4.69, 9.17) is 11.6 Å². The maximum atomic E-state index is 11.8. The lowest BCUT2D eigenvalue weighted by Gasteiger charge is -2.23. The number of thioether (sulfide) groups is 1. The Morgan fingerprint density at radius 2 is 2.11 bits per heavy atom. The summed E-state index contributed by atoms with van der Waals surface area (Å²) >= 11 is 7.46. The molecule has 0 aromatic heterocycles. The van der Waals surface area contributed by atoms with Crippen LogP contribution in [0.5, 0.6) is 0 Å². The normalized spacial score (nSPS) is 19.6. The summed E-state index contributed by atoms with van der Waals surface area (Å²) in [7, 11) is 0. The first kappa shape index (κ1) is 13.8. The van der Waals surface area contributed by atoms with E-state index in [0.717, 1.165) is 12.3 Å². The van der Waals surface area contributed by atoms with E-state index in [1.807, 2.05) is 16.7 Å². The van der Waals surface area contributed by atoms with Gasteiger partial charge in [0.05, 0.1) is 0 Å². The molecule has 1 atom stereocenters. The second-order valence-corrected chi connectivity index (χ2v) is 6.22. The third-order valence-electron chi connectivity index (χ3n) is 3.21. The number of carbonyl (C=O) groups is 1. The van der Waals surface area contributed by atoms with Gasteiger partial charge in [0.15, 0.2) is 0 Å². The molecule has 0 unspecified atom stereocenters. The van der Waals surface area contributed by atoms with Crippen LogP contribution in [0, 0.1) is 0 Å². The standard InChI is InChI=1S/C14H18ClNOS/c1-10(2)11-3-5-12(6-4-11)14-16(7-8-18-14)13(17)9-15/h3-6,10,14H,7-9H2,1-2H3/t14-/m1/s1. The van der Waals surface area contributed by atoms with E-state index in [1.54, 1.807) is 0 Å². The summed E-state index contributed by atoms with van der Waals surface area (Å²) in [5.41, 5.74) is 2.53. The average molecular weight is 284 g/mol. The molecule has 0 aliphatic carbocycles. The van der Waals surface area contributed by atoms with E-state index >= 15 is 0 Å². The lowest BCUT2D eigenvalue weighted by molar-refractivity contribution is -0.128. The van der Waals surface area contributed by atoms with Crippen LogP contribution in [0.2, 0.25) is 0 Å². The molecule has 1 amide bonds. The molecule has 2 rings (SSSR count). The molecule has 98 valence electrons. The van der Waals surface area contributed by atoms with Crippen molar-refractivity contribution in [3.8, 4) is 0 Å². The Morgan fingerprint density at radius 3 is 2.67 bits per heavy atom. The second-order valence-electron chi connectivity index (χ2n) is 4.77. The van der Waals surface area contributed by atoms with Gasteiger partial charge in [0.1, 0.15) is 11.3 Å². The number of benzene rings is 1. The molecule has 1 aliphatic heterocycles. The summed E-state index contributed by atoms with van der Waals surface area (Å²) in [5, 5.41) is 0.137. The molecular weight excluding hydrogens is 266 g/mol. The number of halogens is 1. The third-order valence-corrected chi connectivity index (χ3v) is 4.70. The number of hydrogen-bond donors (Lipinski definition) is 0. The zero-order chi connectivity index (χ0) is 13.1. The highest BCUT2D eigenvalue weighted by Gasteiger charge is 2.29. The molecule has 0 N–H and O–H groups in total. The molecule has 0 radical (unpaired) electrons. The summed E-state index contributed by atoms with van der Waals surface area (Å²) in [6, 6.07) is 8.57. The highest BCUT2D eigenvalue weighted by atomic mass is 35.5. The molecule has 1 aromatic carbocycles. The first-order chi connectivity index (χ1) is 8.63. The molecule has 4 heteroatoms. The van der Waals surface area contributed by atoms with Crippen LogP contribution in [0.3, 0.4) is 0 Å². The van der Waals surface area contributed by atoms with Crippen molar-refractivity contribution < 1.29 is 4.79 Å². The van der Waals surface area contributed by atoms with Crippen molar-refractivity contribution in [3.63, 3.8) is 0 Å². The van der Waals surface area contributed by atoms with Gasteiger partial charge in [0.2, 0.25) is 5.91 Å². The van der Waals surface area contributed by atoms with E-state index in [9.17, 15) is 4.79 Å². The fraction of sp³-hybridized carbons (Fsp3) is 0.500. The quantitative estimate of drug-likeness (QED) is 0.790. The van der Waals surface area contributed by atoms with Gasteiger partial charge in [-0.05, 0) is 17.0 Å². The summed E-state index contributed by atoms with van der Waals surface area (Å²) in [4.78, 5) is 13.6. The number of rotatable bonds is 3. The molecule has 1 fully saturated rings. The fourth-order valence-corrected chi connectivity index (χ4v) is 3.56. The van der Waals surface area contributed by atoms with Crippen LogP contribution in [0.15, 0.2) is 24.3 Å². The monoisotopic (exact) mass is 283 g/mol. The van der Waals surface area contributed by atoms with Gasteiger partial charge in [-0.1, -0.05) is 38.1 Å². The summed E-state index contributed by atoms with van der Waals surface area (Å²) < 4.78 is 0. The van der Waals surface area contributed by atoms with Gasteiger partial charge in [-0.25, -0.2) is 0 Å². The van der Waals surface area contributed by atoms with Gasteiger partial charge < -0.3 is 4.90 Å². The molecule has 1 heterocycles.